The molecule has 1 N–H and O–H groups in total. The third-order valence-corrected chi connectivity index (χ3v) is 4.60. The number of anilines is 1. The van der Waals surface area contributed by atoms with Crippen LogP contribution >= 0.6 is 0 Å². The maximum absolute atomic E-state index is 12.4. The van der Waals surface area contributed by atoms with Gasteiger partial charge in [0.25, 0.3) is 5.91 Å². The molecule has 0 atom stereocenters. The predicted octanol–water partition coefficient (Wildman–Crippen LogP) is 4.34. The van der Waals surface area contributed by atoms with E-state index in [0.29, 0.717) is 11.5 Å². The third-order valence-electron chi connectivity index (χ3n) is 4.60. The van der Waals surface area contributed by atoms with Crippen molar-refractivity contribution in [2.75, 3.05) is 19.0 Å². The van der Waals surface area contributed by atoms with Gasteiger partial charge in [0.2, 0.25) is 0 Å². The van der Waals surface area contributed by atoms with Crippen molar-refractivity contribution in [1.82, 2.24) is 9.38 Å². The summed E-state index contributed by atoms with van der Waals surface area (Å²) in [6.07, 6.45) is 3.92. The molecule has 0 saturated heterocycles. The maximum atomic E-state index is 12.4. The molecule has 146 valence electrons. The molecular formula is C23H21N3O3. The number of pyridine rings is 1. The smallest absolute Gasteiger partial charge is 0.262 e. The van der Waals surface area contributed by atoms with Gasteiger partial charge < -0.3 is 19.2 Å². The molecule has 0 radical (unpaired) electrons. The Morgan fingerprint density at radius 1 is 1.07 bits per heavy atom. The van der Waals surface area contributed by atoms with Crippen LogP contribution in [0.25, 0.3) is 16.9 Å². The molecule has 0 aliphatic rings. The zero-order valence-corrected chi connectivity index (χ0v) is 16.3. The van der Waals surface area contributed by atoms with E-state index in [0.717, 1.165) is 28.2 Å². The molecule has 4 rings (SSSR count). The van der Waals surface area contributed by atoms with Gasteiger partial charge in [0.1, 0.15) is 5.65 Å². The van der Waals surface area contributed by atoms with Crippen LogP contribution in [0, 0.1) is 6.92 Å². The fraction of sp³-hybridized carbons (Fsp3) is 0.130. The van der Waals surface area contributed by atoms with Gasteiger partial charge in [0, 0.05) is 23.6 Å². The van der Waals surface area contributed by atoms with Gasteiger partial charge in [-0.15, -0.1) is 0 Å². The zero-order valence-electron chi connectivity index (χ0n) is 16.3. The van der Waals surface area contributed by atoms with Gasteiger partial charge in [-0.05, 0) is 42.8 Å². The largest absolute Gasteiger partial charge is 0.493 e. The molecule has 6 heteroatoms. The highest BCUT2D eigenvalue weighted by atomic mass is 16.5. The summed E-state index contributed by atoms with van der Waals surface area (Å²) >= 11 is 0. The van der Waals surface area contributed by atoms with Crippen LogP contribution in [0.5, 0.6) is 11.5 Å². The molecular weight excluding hydrogens is 366 g/mol. The summed E-state index contributed by atoms with van der Waals surface area (Å²) < 4.78 is 12.8. The number of imidazole rings is 1. The second-order valence-electron chi connectivity index (χ2n) is 6.61. The Bertz CT molecular complexity index is 1130. The Morgan fingerprint density at radius 2 is 1.86 bits per heavy atom. The van der Waals surface area contributed by atoms with E-state index in [1.807, 2.05) is 72.2 Å². The van der Waals surface area contributed by atoms with E-state index in [4.69, 9.17) is 9.47 Å². The number of hydrogen-bond donors (Lipinski definition) is 1. The van der Waals surface area contributed by atoms with Gasteiger partial charge in [0.15, 0.2) is 18.1 Å². The Morgan fingerprint density at radius 3 is 2.66 bits per heavy atom. The SMILES string of the molecule is COc1ccccc1OCC(=O)Nc1cc(-c2cn3ccccc3n2)ccc1C. The normalized spacial score (nSPS) is 10.7. The number of methoxy groups -OCH3 is 1. The van der Waals surface area contributed by atoms with Crippen LogP contribution in [0.15, 0.2) is 73.1 Å². The Hall–Kier alpha value is -3.80. The second-order valence-corrected chi connectivity index (χ2v) is 6.61. The Balaban J connectivity index is 1.49. The summed E-state index contributed by atoms with van der Waals surface area (Å²) in [5, 5.41) is 2.92. The molecule has 0 bridgehead atoms. The van der Waals surface area contributed by atoms with Crippen LogP contribution in [-0.4, -0.2) is 29.0 Å². The molecule has 2 aromatic heterocycles. The van der Waals surface area contributed by atoms with Gasteiger partial charge in [-0.1, -0.05) is 30.3 Å². The standard InChI is InChI=1S/C23H21N3O3/c1-16-10-11-17(19-14-26-12-6-5-9-22(26)24-19)13-18(16)25-23(27)15-29-21-8-4-3-7-20(21)28-2/h3-14H,15H2,1-2H3,(H,25,27). The lowest BCUT2D eigenvalue weighted by Crippen LogP contribution is -2.20. The lowest BCUT2D eigenvalue weighted by molar-refractivity contribution is -0.118. The first-order valence-electron chi connectivity index (χ1n) is 9.24. The first-order valence-corrected chi connectivity index (χ1v) is 9.24. The summed E-state index contributed by atoms with van der Waals surface area (Å²) in [7, 11) is 1.57. The molecule has 1 amide bonds. The Labute approximate surface area is 168 Å². The van der Waals surface area contributed by atoms with Crippen LogP contribution in [0.1, 0.15) is 5.56 Å². The van der Waals surface area contributed by atoms with Crippen molar-refractivity contribution in [2.24, 2.45) is 0 Å². The number of amides is 1. The number of ether oxygens (including phenoxy) is 2. The van der Waals surface area contributed by atoms with E-state index in [-0.39, 0.29) is 12.5 Å². The highest BCUT2D eigenvalue weighted by Gasteiger charge is 2.11. The molecule has 0 aliphatic carbocycles. The number of aryl methyl sites for hydroxylation is 1. The van der Waals surface area contributed by atoms with Crippen LogP contribution in [-0.2, 0) is 4.79 Å². The van der Waals surface area contributed by atoms with E-state index < -0.39 is 0 Å². The molecule has 6 nitrogen and oxygen atoms in total. The number of para-hydroxylation sites is 2. The third kappa shape index (κ3) is 4.06. The lowest BCUT2D eigenvalue weighted by Gasteiger charge is -2.12. The summed E-state index contributed by atoms with van der Waals surface area (Å²) in [6, 6.07) is 19.0. The number of hydrogen-bond acceptors (Lipinski definition) is 4. The topological polar surface area (TPSA) is 64.9 Å². The maximum Gasteiger partial charge on any atom is 0.262 e. The number of benzene rings is 2. The van der Waals surface area contributed by atoms with Crippen LogP contribution in [0.4, 0.5) is 5.69 Å². The minimum Gasteiger partial charge on any atom is -0.493 e. The van der Waals surface area contributed by atoms with E-state index >= 15 is 0 Å². The molecule has 2 aromatic carbocycles. The monoisotopic (exact) mass is 387 g/mol. The average Bonchev–Trinajstić information content (AvgIpc) is 3.18. The van der Waals surface area contributed by atoms with Gasteiger partial charge in [-0.2, -0.15) is 0 Å². The molecule has 0 aliphatic heterocycles. The number of nitrogens with one attached hydrogen (secondary N) is 1. The van der Waals surface area contributed by atoms with Crippen LogP contribution in [0.3, 0.4) is 0 Å². The van der Waals surface area contributed by atoms with Crippen molar-refractivity contribution in [2.45, 2.75) is 6.92 Å². The van der Waals surface area contributed by atoms with Gasteiger partial charge in [-0.25, -0.2) is 4.98 Å². The highest BCUT2D eigenvalue weighted by Crippen LogP contribution is 2.27. The summed E-state index contributed by atoms with van der Waals surface area (Å²) in [6.45, 7) is 1.84. The van der Waals surface area contributed by atoms with Crippen molar-refractivity contribution in [3.05, 3.63) is 78.6 Å². The molecule has 0 spiro atoms. The number of carbonyl (C=O) groups is 1. The lowest BCUT2D eigenvalue weighted by atomic mass is 10.1. The van der Waals surface area contributed by atoms with Crippen LogP contribution < -0.4 is 14.8 Å². The first-order chi connectivity index (χ1) is 14.1. The first kappa shape index (κ1) is 18.6. The van der Waals surface area contributed by atoms with E-state index in [2.05, 4.69) is 10.3 Å². The van der Waals surface area contributed by atoms with Gasteiger partial charge in [-0.3, -0.25) is 4.79 Å². The molecule has 0 unspecified atom stereocenters. The number of nitrogens with zero attached hydrogens (tertiary/aromatic N) is 2. The predicted molar refractivity (Wildman–Crippen MR) is 112 cm³/mol. The van der Waals surface area contributed by atoms with Crippen molar-refractivity contribution in [3.8, 4) is 22.8 Å². The fourth-order valence-corrected chi connectivity index (χ4v) is 3.06. The summed E-state index contributed by atoms with van der Waals surface area (Å²) in [5.41, 5.74) is 4.34. The van der Waals surface area contributed by atoms with E-state index in [1.54, 1.807) is 19.2 Å². The van der Waals surface area contributed by atoms with Gasteiger partial charge >= 0.3 is 0 Å². The van der Waals surface area contributed by atoms with Crippen molar-refractivity contribution >= 4 is 17.2 Å². The minimum absolute atomic E-state index is 0.113. The quantitative estimate of drug-likeness (QED) is 0.535. The molecule has 4 aromatic rings. The number of rotatable bonds is 6. The summed E-state index contributed by atoms with van der Waals surface area (Å²) in [4.78, 5) is 17.1. The number of aromatic nitrogens is 2. The molecule has 0 saturated carbocycles. The van der Waals surface area contributed by atoms with Crippen molar-refractivity contribution in [3.63, 3.8) is 0 Å². The molecule has 0 fully saturated rings. The zero-order chi connectivity index (χ0) is 20.2. The molecule has 2 heterocycles. The Kier molecular flexibility index (Phi) is 5.16. The second kappa shape index (κ2) is 8.06. The fourth-order valence-electron chi connectivity index (χ4n) is 3.06. The highest BCUT2D eigenvalue weighted by molar-refractivity contribution is 5.93. The van der Waals surface area contributed by atoms with Crippen molar-refractivity contribution in [1.29, 1.82) is 0 Å². The van der Waals surface area contributed by atoms with E-state index in [9.17, 15) is 4.79 Å². The number of fused-ring (bicyclic) bond motifs is 1. The number of carbonyl (C=O) groups excluding carboxylic acids is 1. The minimum atomic E-state index is -0.244. The van der Waals surface area contributed by atoms with Crippen molar-refractivity contribution < 1.29 is 14.3 Å². The van der Waals surface area contributed by atoms with Crippen LogP contribution in [0.2, 0.25) is 0 Å². The summed E-state index contributed by atoms with van der Waals surface area (Å²) in [5.74, 6) is 0.872. The average molecular weight is 387 g/mol. The molecule has 29 heavy (non-hydrogen) atoms. The van der Waals surface area contributed by atoms with E-state index in [1.165, 1.54) is 0 Å². The van der Waals surface area contributed by atoms with Gasteiger partial charge in [0.05, 0.1) is 12.8 Å².